The van der Waals surface area contributed by atoms with Crippen LogP contribution < -0.4 is 5.32 Å². The average Bonchev–Trinajstić information content (AvgIpc) is 2.74. The highest BCUT2D eigenvalue weighted by Gasteiger charge is 2.14. The summed E-state index contributed by atoms with van der Waals surface area (Å²) >= 11 is 3.32. The third-order valence-corrected chi connectivity index (χ3v) is 3.19. The first-order valence-electron chi connectivity index (χ1n) is 6.16. The van der Waals surface area contributed by atoms with E-state index in [1.54, 1.807) is 10.6 Å². The van der Waals surface area contributed by atoms with E-state index < -0.39 is 11.7 Å². The molecular formula is C14H14BrFN2O2. The minimum atomic E-state index is -0.675. The van der Waals surface area contributed by atoms with Gasteiger partial charge >= 0.3 is 0 Å². The number of amides is 1. The number of hydrogen-bond acceptors (Lipinski definition) is 2. The van der Waals surface area contributed by atoms with Crippen molar-refractivity contribution in [3.8, 4) is 5.75 Å². The van der Waals surface area contributed by atoms with Gasteiger partial charge in [0.1, 0.15) is 17.3 Å². The maximum absolute atomic E-state index is 13.6. The van der Waals surface area contributed by atoms with E-state index in [1.807, 2.05) is 13.1 Å². The van der Waals surface area contributed by atoms with Gasteiger partial charge in [0.25, 0.3) is 5.91 Å². The van der Waals surface area contributed by atoms with E-state index in [4.69, 9.17) is 5.11 Å². The molecule has 0 saturated carbocycles. The van der Waals surface area contributed by atoms with Crippen LogP contribution in [0.25, 0.3) is 0 Å². The van der Waals surface area contributed by atoms with Crippen molar-refractivity contribution in [3.63, 3.8) is 0 Å². The van der Waals surface area contributed by atoms with Crippen LogP contribution >= 0.6 is 15.9 Å². The molecule has 0 fully saturated rings. The highest BCUT2D eigenvalue weighted by Crippen LogP contribution is 2.21. The van der Waals surface area contributed by atoms with Crippen molar-refractivity contribution in [3.05, 3.63) is 46.4 Å². The first-order valence-corrected chi connectivity index (χ1v) is 6.96. The minimum absolute atomic E-state index is 0.0353. The predicted octanol–water partition coefficient (Wildman–Crippen LogP) is 3.76. The second-order valence-corrected chi connectivity index (χ2v) is 5.27. The zero-order chi connectivity index (χ0) is 14.7. The molecule has 2 aromatic rings. The maximum Gasteiger partial charge on any atom is 0.272 e. The Morgan fingerprint density at radius 2 is 2.20 bits per heavy atom. The molecule has 1 aromatic heterocycles. The summed E-state index contributed by atoms with van der Waals surface area (Å²) in [6, 6.07) is 5.28. The van der Waals surface area contributed by atoms with Crippen LogP contribution in [0.15, 0.2) is 34.9 Å². The molecular weight excluding hydrogens is 327 g/mol. The summed E-state index contributed by atoms with van der Waals surface area (Å²) in [5.74, 6) is -1.25. The molecule has 1 aromatic carbocycles. The topological polar surface area (TPSA) is 54.3 Å². The number of aryl methyl sites for hydroxylation is 1. The van der Waals surface area contributed by atoms with Gasteiger partial charge < -0.3 is 15.0 Å². The highest BCUT2D eigenvalue weighted by molar-refractivity contribution is 9.10. The molecule has 1 heterocycles. The predicted molar refractivity (Wildman–Crippen MR) is 78.4 cm³/mol. The Labute approximate surface area is 124 Å². The van der Waals surface area contributed by atoms with Crippen LogP contribution in [0.2, 0.25) is 0 Å². The van der Waals surface area contributed by atoms with Crippen LogP contribution in [0.1, 0.15) is 23.8 Å². The number of nitrogens with one attached hydrogen (secondary N) is 1. The second-order valence-electron chi connectivity index (χ2n) is 4.36. The molecule has 0 atom stereocenters. The number of phenols is 1. The lowest BCUT2D eigenvalue weighted by atomic mass is 10.2. The molecule has 0 unspecified atom stereocenters. The number of benzene rings is 1. The fourth-order valence-electron chi connectivity index (χ4n) is 1.88. The van der Waals surface area contributed by atoms with E-state index >= 15 is 0 Å². The van der Waals surface area contributed by atoms with Crippen molar-refractivity contribution < 1.29 is 14.3 Å². The van der Waals surface area contributed by atoms with E-state index in [-0.39, 0.29) is 11.4 Å². The summed E-state index contributed by atoms with van der Waals surface area (Å²) < 4.78 is 16.2. The number of halogens is 2. The Hall–Kier alpha value is -1.82. The van der Waals surface area contributed by atoms with Crippen LogP contribution in [-0.4, -0.2) is 15.6 Å². The van der Waals surface area contributed by atoms with E-state index in [1.165, 1.54) is 12.1 Å². The van der Waals surface area contributed by atoms with Crippen molar-refractivity contribution in [2.75, 3.05) is 5.32 Å². The first kappa shape index (κ1) is 14.6. The van der Waals surface area contributed by atoms with Gasteiger partial charge in [0.05, 0.1) is 5.69 Å². The Balaban J connectivity index is 2.23. The van der Waals surface area contributed by atoms with Crippen molar-refractivity contribution in [1.29, 1.82) is 0 Å². The Morgan fingerprint density at radius 3 is 2.85 bits per heavy atom. The SMILES string of the molecule is CCCn1cc(Br)cc1C(=O)Nc1ccc(O)cc1F. The zero-order valence-corrected chi connectivity index (χ0v) is 12.4. The largest absolute Gasteiger partial charge is 0.508 e. The quantitative estimate of drug-likeness (QED) is 0.832. The molecule has 0 aliphatic carbocycles. The Kier molecular flexibility index (Phi) is 4.44. The lowest BCUT2D eigenvalue weighted by Crippen LogP contribution is -2.17. The van der Waals surface area contributed by atoms with Gasteiger partial charge in [0.2, 0.25) is 0 Å². The van der Waals surface area contributed by atoms with Gasteiger partial charge in [-0.15, -0.1) is 0 Å². The highest BCUT2D eigenvalue weighted by atomic mass is 79.9. The van der Waals surface area contributed by atoms with Crippen LogP contribution in [-0.2, 0) is 6.54 Å². The molecule has 0 bridgehead atoms. The van der Waals surface area contributed by atoms with Gasteiger partial charge in [-0.1, -0.05) is 6.92 Å². The summed E-state index contributed by atoms with van der Waals surface area (Å²) in [4.78, 5) is 12.2. The number of aromatic hydroxyl groups is 1. The third kappa shape index (κ3) is 3.19. The van der Waals surface area contributed by atoms with Gasteiger partial charge in [-0.25, -0.2) is 4.39 Å². The number of carbonyl (C=O) groups excluding carboxylic acids is 1. The minimum Gasteiger partial charge on any atom is -0.508 e. The van der Waals surface area contributed by atoms with Crippen LogP contribution in [0.4, 0.5) is 10.1 Å². The summed E-state index contributed by atoms with van der Waals surface area (Å²) in [5.41, 5.74) is 0.486. The van der Waals surface area contributed by atoms with E-state index in [9.17, 15) is 9.18 Å². The molecule has 0 aliphatic rings. The molecule has 2 N–H and O–H groups in total. The number of hydrogen-bond donors (Lipinski definition) is 2. The molecule has 20 heavy (non-hydrogen) atoms. The zero-order valence-electron chi connectivity index (χ0n) is 10.9. The lowest BCUT2D eigenvalue weighted by Gasteiger charge is -2.09. The van der Waals surface area contributed by atoms with Crippen LogP contribution in [0.5, 0.6) is 5.75 Å². The van der Waals surface area contributed by atoms with E-state index in [0.29, 0.717) is 12.2 Å². The molecule has 2 rings (SSSR count). The Morgan fingerprint density at radius 1 is 1.45 bits per heavy atom. The molecule has 4 nitrogen and oxygen atoms in total. The van der Waals surface area contributed by atoms with Crippen LogP contribution in [0.3, 0.4) is 0 Å². The molecule has 0 radical (unpaired) electrons. The fourth-order valence-corrected chi connectivity index (χ4v) is 2.35. The summed E-state index contributed by atoms with van der Waals surface area (Å²) in [6.07, 6.45) is 2.70. The van der Waals surface area contributed by atoms with Crippen molar-refractivity contribution in [2.24, 2.45) is 0 Å². The van der Waals surface area contributed by atoms with E-state index in [0.717, 1.165) is 17.0 Å². The lowest BCUT2D eigenvalue weighted by molar-refractivity contribution is 0.101. The molecule has 0 saturated heterocycles. The third-order valence-electron chi connectivity index (χ3n) is 2.76. The van der Waals surface area contributed by atoms with Crippen molar-refractivity contribution >= 4 is 27.5 Å². The standard InChI is InChI=1S/C14H14BrFN2O2/c1-2-5-18-8-9(15)6-13(18)14(20)17-12-4-3-10(19)7-11(12)16/h3-4,6-8,19H,2,5H2,1H3,(H,17,20). The summed E-state index contributed by atoms with van der Waals surface area (Å²) in [6.45, 7) is 2.71. The molecule has 6 heteroatoms. The maximum atomic E-state index is 13.6. The number of anilines is 1. The molecule has 106 valence electrons. The second kappa shape index (κ2) is 6.09. The van der Waals surface area contributed by atoms with Crippen molar-refractivity contribution in [1.82, 2.24) is 4.57 Å². The van der Waals surface area contributed by atoms with Gasteiger partial charge in [-0.3, -0.25) is 4.79 Å². The fraction of sp³-hybridized carbons (Fsp3) is 0.214. The first-order chi connectivity index (χ1) is 9.51. The molecule has 0 spiro atoms. The summed E-state index contributed by atoms with van der Waals surface area (Å²) in [5, 5.41) is 11.6. The van der Waals surface area contributed by atoms with Gasteiger partial charge in [0.15, 0.2) is 0 Å². The number of aromatic nitrogens is 1. The Bertz CT molecular complexity index is 640. The smallest absolute Gasteiger partial charge is 0.272 e. The summed E-state index contributed by atoms with van der Waals surface area (Å²) in [7, 11) is 0. The number of rotatable bonds is 4. The van der Waals surface area contributed by atoms with Gasteiger partial charge in [-0.2, -0.15) is 0 Å². The van der Waals surface area contributed by atoms with Gasteiger partial charge in [-0.05, 0) is 40.5 Å². The van der Waals surface area contributed by atoms with E-state index in [2.05, 4.69) is 21.2 Å². The van der Waals surface area contributed by atoms with Crippen molar-refractivity contribution in [2.45, 2.75) is 19.9 Å². The monoisotopic (exact) mass is 340 g/mol. The van der Waals surface area contributed by atoms with Crippen LogP contribution in [0, 0.1) is 5.82 Å². The number of nitrogens with zero attached hydrogens (tertiary/aromatic N) is 1. The average molecular weight is 341 g/mol. The normalized spacial score (nSPS) is 10.6. The molecule has 0 aliphatic heterocycles. The van der Waals surface area contributed by atoms with Gasteiger partial charge in [0, 0.05) is 23.3 Å². The number of phenolic OH excluding ortho intramolecular Hbond substituents is 1. The number of carbonyl (C=O) groups is 1. The molecule has 1 amide bonds.